The van der Waals surface area contributed by atoms with Crippen LogP contribution in [0.1, 0.15) is 11.1 Å². The van der Waals surface area contributed by atoms with Crippen LogP contribution in [-0.2, 0) is 8.99 Å². The van der Waals surface area contributed by atoms with Gasteiger partial charge in [0.1, 0.15) is 0 Å². The Kier molecular flexibility index (Phi) is 3.66. The van der Waals surface area contributed by atoms with E-state index >= 15 is 0 Å². The Morgan fingerprint density at radius 3 is 2.14 bits per heavy atom. The van der Waals surface area contributed by atoms with Gasteiger partial charge >= 0.3 is 132 Å². The van der Waals surface area contributed by atoms with Crippen LogP contribution in [-0.4, -0.2) is 3.93 Å². The molecule has 0 saturated carbocycles. The molecule has 22 heavy (non-hydrogen) atoms. The van der Waals surface area contributed by atoms with Crippen molar-refractivity contribution in [1.29, 1.82) is 0 Å². The average molecular weight is 422 g/mol. The first-order chi connectivity index (χ1) is 10.4. The molecule has 1 heterocycles. The van der Waals surface area contributed by atoms with Crippen LogP contribution in [0.25, 0.3) is 5.76 Å². The van der Waals surface area contributed by atoms with Gasteiger partial charge in [-0.3, -0.25) is 0 Å². The minimum atomic E-state index is -4.29. The summed E-state index contributed by atoms with van der Waals surface area (Å²) in [7, 11) is 0. The van der Waals surface area contributed by atoms with Crippen molar-refractivity contribution >= 4 is 26.0 Å². The van der Waals surface area contributed by atoms with E-state index in [9.17, 15) is 17.6 Å². The van der Waals surface area contributed by atoms with E-state index in [1.807, 2.05) is 0 Å². The monoisotopic (exact) mass is 422 g/mol. The summed E-state index contributed by atoms with van der Waals surface area (Å²) < 4.78 is 59.0. The van der Waals surface area contributed by atoms with Crippen molar-refractivity contribution in [2.45, 2.75) is 9.85 Å². The van der Waals surface area contributed by atoms with Crippen molar-refractivity contribution in [2.75, 3.05) is 0 Å². The van der Waals surface area contributed by atoms with Gasteiger partial charge in [-0.2, -0.15) is 0 Å². The molecule has 2 aromatic rings. The zero-order valence-electron chi connectivity index (χ0n) is 11.2. The third kappa shape index (κ3) is 2.20. The predicted molar refractivity (Wildman–Crippen MR) is 84.6 cm³/mol. The van der Waals surface area contributed by atoms with Crippen LogP contribution in [0.3, 0.4) is 0 Å². The molecule has 0 saturated heterocycles. The summed E-state index contributed by atoms with van der Waals surface area (Å²) in [4.78, 5) is 0. The molecule has 0 amide bonds. The van der Waals surface area contributed by atoms with E-state index in [2.05, 4.69) is 6.58 Å². The summed E-state index contributed by atoms with van der Waals surface area (Å²) in [6.07, 6.45) is 0. The molecule has 0 unspecified atom stereocenters. The molecule has 1 aliphatic rings. The summed E-state index contributed by atoms with van der Waals surface area (Å²) in [6, 6.07) is 12.3. The van der Waals surface area contributed by atoms with Gasteiger partial charge in [-0.15, -0.1) is 0 Å². The fourth-order valence-electron chi connectivity index (χ4n) is 2.11. The van der Waals surface area contributed by atoms with Gasteiger partial charge in [0.15, 0.2) is 0 Å². The van der Waals surface area contributed by atoms with E-state index in [0.717, 1.165) is 12.1 Å². The third-order valence-electron chi connectivity index (χ3n) is 3.24. The Labute approximate surface area is 132 Å². The number of fused-ring (bicyclic) bond motifs is 1. The molecule has 0 atom stereocenters. The average Bonchev–Trinajstić information content (AvgIpc) is 2.86. The van der Waals surface area contributed by atoms with Gasteiger partial charge in [-0.05, 0) is 0 Å². The Balaban J connectivity index is 2.06. The Morgan fingerprint density at radius 1 is 0.864 bits per heavy atom. The number of rotatable bonds is 3. The Bertz CT molecular complexity index is 715. The topological polar surface area (TPSA) is 9.23 Å². The minimum absolute atomic E-state index is 0.0457. The van der Waals surface area contributed by atoms with E-state index in [1.165, 1.54) is 24.3 Å². The van der Waals surface area contributed by atoms with E-state index in [4.69, 9.17) is 3.07 Å². The van der Waals surface area contributed by atoms with E-state index < -0.39 is 35.6 Å². The second-order valence-electron chi connectivity index (χ2n) is 4.67. The molecular formula is C16H11F4IO. The number of benzene rings is 2. The van der Waals surface area contributed by atoms with Crippen molar-refractivity contribution in [2.24, 2.45) is 0 Å². The van der Waals surface area contributed by atoms with E-state index in [-0.39, 0.29) is 9.33 Å². The molecule has 6 heteroatoms. The fourth-order valence-corrected chi connectivity index (χ4v) is 6.59. The third-order valence-corrected chi connectivity index (χ3v) is 8.11. The van der Waals surface area contributed by atoms with Gasteiger partial charge in [-0.1, -0.05) is 0 Å². The van der Waals surface area contributed by atoms with Crippen LogP contribution in [0.15, 0.2) is 61.2 Å². The molecule has 2 aromatic carbocycles. The van der Waals surface area contributed by atoms with Gasteiger partial charge < -0.3 is 0 Å². The zero-order chi connectivity index (χ0) is 16.0. The second kappa shape index (κ2) is 5.26. The predicted octanol–water partition coefficient (Wildman–Crippen LogP) is 5.66. The van der Waals surface area contributed by atoms with Crippen LogP contribution >= 0.6 is 20.2 Å². The second-order valence-corrected chi connectivity index (χ2v) is 9.04. The molecule has 0 aliphatic carbocycles. The number of alkyl halides is 5. The molecule has 0 bridgehead atoms. The maximum absolute atomic E-state index is 14.6. The van der Waals surface area contributed by atoms with Crippen molar-refractivity contribution in [1.82, 2.24) is 0 Å². The van der Waals surface area contributed by atoms with Crippen LogP contribution in [0.5, 0.6) is 0 Å². The first-order valence-electron chi connectivity index (χ1n) is 6.33. The normalized spacial score (nSPS) is 16.4. The number of hydrogen-bond acceptors (Lipinski definition) is 1. The molecular weight excluding hydrogens is 411 g/mol. The van der Waals surface area contributed by atoms with Crippen molar-refractivity contribution in [3.8, 4) is 0 Å². The Hall–Kier alpha value is -1.57. The molecule has 0 aromatic heterocycles. The molecule has 1 aliphatic heterocycles. The first kappa shape index (κ1) is 15.3. The van der Waals surface area contributed by atoms with E-state index in [0.29, 0.717) is 5.56 Å². The van der Waals surface area contributed by atoms with Crippen LogP contribution in [0, 0.1) is 3.57 Å². The SMILES string of the molecule is C=C1OI(C(F)(F)C(F)(F)c2ccccc2)c2ccccc21. The Morgan fingerprint density at radius 2 is 1.45 bits per heavy atom. The maximum atomic E-state index is 14.6. The van der Waals surface area contributed by atoms with Crippen molar-refractivity contribution < 1.29 is 20.6 Å². The quantitative estimate of drug-likeness (QED) is 0.352. The van der Waals surface area contributed by atoms with Gasteiger partial charge in [-0.25, -0.2) is 0 Å². The van der Waals surface area contributed by atoms with Crippen LogP contribution in [0.4, 0.5) is 17.6 Å². The summed E-state index contributed by atoms with van der Waals surface area (Å²) in [6.45, 7) is 3.55. The summed E-state index contributed by atoms with van der Waals surface area (Å²) in [5.41, 5.74) is -0.313. The molecule has 0 spiro atoms. The van der Waals surface area contributed by atoms with Crippen molar-refractivity contribution in [3.05, 3.63) is 75.9 Å². The van der Waals surface area contributed by atoms with Crippen LogP contribution < -0.4 is 0 Å². The van der Waals surface area contributed by atoms with Gasteiger partial charge in [0.05, 0.1) is 0 Å². The molecule has 3 rings (SSSR count). The number of hydrogen-bond donors (Lipinski definition) is 0. The van der Waals surface area contributed by atoms with Gasteiger partial charge in [0, 0.05) is 0 Å². The van der Waals surface area contributed by atoms with Gasteiger partial charge in [0.25, 0.3) is 0 Å². The molecule has 116 valence electrons. The zero-order valence-corrected chi connectivity index (χ0v) is 13.4. The first-order valence-corrected chi connectivity index (χ1v) is 9.37. The van der Waals surface area contributed by atoms with Gasteiger partial charge in [0.2, 0.25) is 0 Å². The summed E-state index contributed by atoms with van der Waals surface area (Å²) in [5.74, 6) is -4.25. The molecule has 1 nitrogen and oxygen atoms in total. The molecule has 0 fully saturated rings. The number of halogens is 5. The summed E-state index contributed by atoms with van der Waals surface area (Å²) >= 11 is -3.94. The van der Waals surface area contributed by atoms with Crippen LogP contribution in [0.2, 0.25) is 0 Å². The standard InChI is InChI=1S/C16H11F4IO/c1-11-13-9-5-6-10-14(13)21(22-11)16(19,20)15(17,18)12-7-3-2-4-8-12/h2-10H,1H2. The summed E-state index contributed by atoms with van der Waals surface area (Å²) in [5, 5.41) is 0. The van der Waals surface area contributed by atoms with E-state index in [1.54, 1.807) is 18.2 Å². The van der Waals surface area contributed by atoms with Crippen molar-refractivity contribution in [3.63, 3.8) is 0 Å². The molecule has 0 radical (unpaired) electrons. The fraction of sp³-hybridized carbons (Fsp3) is 0.125. The molecule has 0 N–H and O–H groups in total.